The Hall–Kier alpha value is -3.52. The van der Waals surface area contributed by atoms with E-state index in [4.69, 9.17) is 0 Å². The van der Waals surface area contributed by atoms with Crippen LogP contribution in [-0.4, -0.2) is 10.2 Å². The lowest BCUT2D eigenvalue weighted by Crippen LogP contribution is -1.84. The maximum Gasteiger partial charge on any atom is 0.118 e. The van der Waals surface area contributed by atoms with Crippen molar-refractivity contribution in [3.63, 3.8) is 0 Å². The fraction of sp³-hybridized carbons (Fsp3) is 0.0769. The molecule has 4 rings (SSSR count). The van der Waals surface area contributed by atoms with Crippen molar-refractivity contribution < 1.29 is 10.2 Å². The maximum atomic E-state index is 9.70. The number of hydrogen-bond donors (Lipinski definition) is 2. The summed E-state index contributed by atoms with van der Waals surface area (Å²) < 4.78 is 0. The summed E-state index contributed by atoms with van der Waals surface area (Å²) in [6, 6.07) is 28.3. The van der Waals surface area contributed by atoms with Crippen LogP contribution >= 0.6 is 0 Å². The third-order valence-corrected chi connectivity index (χ3v) is 5.16. The largest absolute Gasteiger partial charge is 0.508 e. The standard InChI is InChI=1S/C26H22O2/c1-17-15-23(11-13-25(17)27)21-7-3-19(4-8-21)20-5-9-22(10-6-20)24-12-14-26(28)18(2)16-24/h3-16,27-28H,1-2H3. The van der Waals surface area contributed by atoms with Crippen molar-refractivity contribution in [1.82, 2.24) is 0 Å². The zero-order valence-corrected chi connectivity index (χ0v) is 16.0. The molecule has 4 aromatic rings. The first-order valence-electron chi connectivity index (χ1n) is 9.32. The van der Waals surface area contributed by atoms with Gasteiger partial charge < -0.3 is 10.2 Å². The summed E-state index contributed by atoms with van der Waals surface area (Å²) in [6.45, 7) is 3.81. The molecule has 2 N–H and O–H groups in total. The molecule has 0 atom stereocenters. The highest BCUT2D eigenvalue weighted by Crippen LogP contribution is 2.30. The molecule has 0 radical (unpaired) electrons. The SMILES string of the molecule is Cc1cc(-c2ccc(-c3ccc(-c4ccc(O)c(C)c4)cc3)cc2)ccc1O. The van der Waals surface area contributed by atoms with Gasteiger partial charge in [-0.25, -0.2) is 0 Å². The van der Waals surface area contributed by atoms with Crippen LogP contribution in [0.2, 0.25) is 0 Å². The van der Waals surface area contributed by atoms with Crippen molar-refractivity contribution in [2.24, 2.45) is 0 Å². The van der Waals surface area contributed by atoms with E-state index in [2.05, 4.69) is 48.5 Å². The Bertz CT molecular complexity index is 1030. The molecule has 0 aromatic heterocycles. The zero-order chi connectivity index (χ0) is 19.7. The van der Waals surface area contributed by atoms with Crippen LogP contribution < -0.4 is 0 Å². The Morgan fingerprint density at radius 3 is 0.929 bits per heavy atom. The fourth-order valence-corrected chi connectivity index (χ4v) is 3.38. The van der Waals surface area contributed by atoms with Gasteiger partial charge in [0.2, 0.25) is 0 Å². The lowest BCUT2D eigenvalue weighted by atomic mass is 9.97. The van der Waals surface area contributed by atoms with Gasteiger partial charge in [-0.1, -0.05) is 60.7 Å². The van der Waals surface area contributed by atoms with Gasteiger partial charge in [0.25, 0.3) is 0 Å². The molecule has 0 spiro atoms. The monoisotopic (exact) mass is 366 g/mol. The first-order valence-corrected chi connectivity index (χ1v) is 9.32. The summed E-state index contributed by atoms with van der Waals surface area (Å²) in [4.78, 5) is 0. The highest BCUT2D eigenvalue weighted by atomic mass is 16.3. The maximum absolute atomic E-state index is 9.70. The Morgan fingerprint density at radius 2 is 0.643 bits per heavy atom. The minimum Gasteiger partial charge on any atom is -0.508 e. The number of aryl methyl sites for hydroxylation is 2. The predicted octanol–water partition coefficient (Wildman–Crippen LogP) is 6.72. The van der Waals surface area contributed by atoms with Crippen LogP contribution in [0.1, 0.15) is 11.1 Å². The van der Waals surface area contributed by atoms with Crippen molar-refractivity contribution in [3.05, 3.63) is 96.1 Å². The molecule has 0 heterocycles. The Kier molecular flexibility index (Phi) is 4.62. The van der Waals surface area contributed by atoms with Crippen LogP contribution in [0.4, 0.5) is 0 Å². The van der Waals surface area contributed by atoms with Gasteiger partial charge in [-0.05, 0) is 82.6 Å². The number of rotatable bonds is 3. The Morgan fingerprint density at radius 1 is 0.393 bits per heavy atom. The van der Waals surface area contributed by atoms with Crippen molar-refractivity contribution in [2.75, 3.05) is 0 Å². The van der Waals surface area contributed by atoms with Crippen molar-refractivity contribution in [2.45, 2.75) is 13.8 Å². The second kappa shape index (κ2) is 7.24. The Labute approximate surface area is 165 Å². The third-order valence-electron chi connectivity index (χ3n) is 5.16. The van der Waals surface area contributed by atoms with E-state index in [0.717, 1.165) is 44.5 Å². The van der Waals surface area contributed by atoms with Crippen LogP contribution in [0.3, 0.4) is 0 Å². The van der Waals surface area contributed by atoms with E-state index < -0.39 is 0 Å². The quantitative estimate of drug-likeness (QED) is 0.423. The second-order valence-electron chi connectivity index (χ2n) is 7.16. The van der Waals surface area contributed by atoms with E-state index in [1.165, 1.54) is 0 Å². The minimum atomic E-state index is 0.323. The second-order valence-corrected chi connectivity index (χ2v) is 7.16. The number of hydrogen-bond acceptors (Lipinski definition) is 2. The fourth-order valence-electron chi connectivity index (χ4n) is 3.38. The molecule has 4 aromatic carbocycles. The first-order chi connectivity index (χ1) is 13.5. The molecule has 0 bridgehead atoms. The lowest BCUT2D eigenvalue weighted by Gasteiger charge is -2.08. The molecule has 2 nitrogen and oxygen atoms in total. The first kappa shape index (κ1) is 17.9. The molecular weight excluding hydrogens is 344 g/mol. The summed E-state index contributed by atoms with van der Waals surface area (Å²) in [5.41, 5.74) is 8.52. The van der Waals surface area contributed by atoms with Gasteiger partial charge in [0.05, 0.1) is 0 Å². The topological polar surface area (TPSA) is 40.5 Å². The van der Waals surface area contributed by atoms with E-state index in [-0.39, 0.29) is 0 Å². The highest BCUT2D eigenvalue weighted by Gasteiger charge is 2.05. The van der Waals surface area contributed by atoms with Gasteiger partial charge in [0.15, 0.2) is 0 Å². The molecule has 138 valence electrons. The minimum absolute atomic E-state index is 0.323. The number of aromatic hydroxyl groups is 2. The van der Waals surface area contributed by atoms with E-state index >= 15 is 0 Å². The average molecular weight is 366 g/mol. The van der Waals surface area contributed by atoms with Crippen molar-refractivity contribution in [1.29, 1.82) is 0 Å². The van der Waals surface area contributed by atoms with Crippen LogP contribution in [0.5, 0.6) is 11.5 Å². The van der Waals surface area contributed by atoms with Crippen LogP contribution in [0.15, 0.2) is 84.9 Å². The molecule has 0 aliphatic rings. The molecule has 0 unspecified atom stereocenters. The molecule has 0 amide bonds. The summed E-state index contributed by atoms with van der Waals surface area (Å²) in [5, 5.41) is 19.4. The van der Waals surface area contributed by atoms with E-state index in [9.17, 15) is 10.2 Å². The summed E-state index contributed by atoms with van der Waals surface area (Å²) in [7, 11) is 0. The molecule has 0 aliphatic carbocycles. The van der Waals surface area contributed by atoms with Gasteiger partial charge in [-0.15, -0.1) is 0 Å². The smallest absolute Gasteiger partial charge is 0.118 e. The van der Waals surface area contributed by atoms with Crippen LogP contribution in [0.25, 0.3) is 33.4 Å². The molecule has 28 heavy (non-hydrogen) atoms. The average Bonchev–Trinajstić information content (AvgIpc) is 2.72. The summed E-state index contributed by atoms with van der Waals surface area (Å²) in [5.74, 6) is 0.647. The van der Waals surface area contributed by atoms with Gasteiger partial charge in [-0.2, -0.15) is 0 Å². The highest BCUT2D eigenvalue weighted by molar-refractivity contribution is 5.74. The Balaban J connectivity index is 1.59. The molecule has 0 aliphatic heterocycles. The zero-order valence-electron chi connectivity index (χ0n) is 16.0. The summed E-state index contributed by atoms with van der Waals surface area (Å²) in [6.07, 6.45) is 0. The molecular formula is C26H22O2. The van der Waals surface area contributed by atoms with Crippen LogP contribution in [0, 0.1) is 13.8 Å². The molecule has 0 saturated carbocycles. The van der Waals surface area contributed by atoms with Gasteiger partial charge >= 0.3 is 0 Å². The number of phenolic OH excluding ortho intramolecular Hbond substituents is 2. The molecule has 0 fully saturated rings. The molecule has 2 heteroatoms. The van der Waals surface area contributed by atoms with Crippen molar-refractivity contribution >= 4 is 0 Å². The van der Waals surface area contributed by atoms with E-state index in [1.807, 2.05) is 38.1 Å². The normalized spacial score (nSPS) is 10.8. The van der Waals surface area contributed by atoms with Crippen LogP contribution in [-0.2, 0) is 0 Å². The lowest BCUT2D eigenvalue weighted by molar-refractivity contribution is 0.471. The number of phenols is 2. The summed E-state index contributed by atoms with van der Waals surface area (Å²) >= 11 is 0. The van der Waals surface area contributed by atoms with E-state index in [0.29, 0.717) is 11.5 Å². The van der Waals surface area contributed by atoms with Gasteiger partial charge in [-0.3, -0.25) is 0 Å². The third kappa shape index (κ3) is 3.49. The van der Waals surface area contributed by atoms with Crippen molar-refractivity contribution in [3.8, 4) is 44.9 Å². The van der Waals surface area contributed by atoms with Gasteiger partial charge in [0.1, 0.15) is 11.5 Å². The van der Waals surface area contributed by atoms with E-state index in [1.54, 1.807) is 12.1 Å². The predicted molar refractivity (Wildman–Crippen MR) is 116 cm³/mol. The van der Waals surface area contributed by atoms with Gasteiger partial charge in [0, 0.05) is 0 Å². The molecule has 0 saturated heterocycles. The number of benzene rings is 4.